The molecule has 0 radical (unpaired) electrons. The van der Waals surface area contributed by atoms with Crippen molar-refractivity contribution in [3.05, 3.63) is 88.9 Å². The summed E-state index contributed by atoms with van der Waals surface area (Å²) in [5, 5.41) is 3.41. The molecule has 1 aliphatic heterocycles. The number of halogens is 1. The number of nitrogens with zero attached hydrogens (tertiary/aromatic N) is 1. The minimum Gasteiger partial charge on any atom is -0.308 e. The van der Waals surface area contributed by atoms with Crippen molar-refractivity contribution in [1.82, 2.24) is 4.57 Å². The molecule has 0 bridgehead atoms. The Balaban J connectivity index is 1.89. The first-order valence-electron chi connectivity index (χ1n) is 10.1. The Morgan fingerprint density at radius 2 is 1.48 bits per heavy atom. The minimum atomic E-state index is -0.0328. The largest absolute Gasteiger partial charge is 0.308 e. The molecular formula is C27H18ClN. The number of aromatic nitrogens is 1. The third kappa shape index (κ3) is 1.66. The number of para-hydroxylation sites is 1. The second kappa shape index (κ2) is 4.93. The van der Waals surface area contributed by atoms with Crippen molar-refractivity contribution in [3.63, 3.8) is 0 Å². The van der Waals surface area contributed by atoms with E-state index in [1.807, 2.05) is 6.07 Å². The van der Waals surface area contributed by atoms with Crippen LogP contribution in [0.3, 0.4) is 0 Å². The van der Waals surface area contributed by atoms with Crippen LogP contribution in [-0.2, 0) is 5.41 Å². The van der Waals surface area contributed by atoms with Crippen molar-refractivity contribution in [2.24, 2.45) is 0 Å². The summed E-state index contributed by atoms with van der Waals surface area (Å²) in [6, 6.07) is 26.4. The quantitative estimate of drug-likeness (QED) is 0.249. The van der Waals surface area contributed by atoms with E-state index in [9.17, 15) is 0 Å². The molecule has 0 unspecified atom stereocenters. The van der Waals surface area contributed by atoms with Crippen LogP contribution in [0.25, 0.3) is 49.7 Å². The van der Waals surface area contributed by atoms with Crippen LogP contribution in [0.2, 0.25) is 5.02 Å². The lowest BCUT2D eigenvalue weighted by molar-refractivity contribution is 0.661. The van der Waals surface area contributed by atoms with Crippen molar-refractivity contribution < 1.29 is 0 Å². The summed E-state index contributed by atoms with van der Waals surface area (Å²) in [7, 11) is 0. The van der Waals surface area contributed by atoms with Crippen LogP contribution in [0.1, 0.15) is 25.0 Å². The van der Waals surface area contributed by atoms with E-state index >= 15 is 0 Å². The lowest BCUT2D eigenvalue weighted by Gasteiger charge is -2.23. The van der Waals surface area contributed by atoms with E-state index in [2.05, 4.69) is 85.1 Å². The molecule has 1 aliphatic carbocycles. The highest BCUT2D eigenvalue weighted by Gasteiger charge is 2.41. The van der Waals surface area contributed by atoms with Crippen molar-refractivity contribution >= 4 is 33.4 Å². The molecule has 0 spiro atoms. The standard InChI is InChI=1S/C27H18ClN/c1-27(2)18-9-5-8-17-23(18)25-19(27)14-13-16-15-7-3-4-11-21(15)29(26(16)25)22-12-6-10-20(28)24(17)22/h3-14H,1-2H3. The van der Waals surface area contributed by atoms with Crippen LogP contribution in [0.5, 0.6) is 0 Å². The highest BCUT2D eigenvalue weighted by molar-refractivity contribution is 6.34. The van der Waals surface area contributed by atoms with E-state index in [1.54, 1.807) is 0 Å². The number of benzene rings is 4. The van der Waals surface area contributed by atoms with Crippen LogP contribution in [-0.4, -0.2) is 4.57 Å². The molecule has 2 aliphatic rings. The van der Waals surface area contributed by atoms with Crippen LogP contribution < -0.4 is 0 Å². The molecule has 0 amide bonds. The Labute approximate surface area is 174 Å². The Bertz CT molecular complexity index is 1530. The van der Waals surface area contributed by atoms with Crippen LogP contribution in [0, 0.1) is 0 Å². The molecule has 2 heteroatoms. The maximum absolute atomic E-state index is 6.87. The number of fused-ring (bicyclic) bond motifs is 6. The Kier molecular flexibility index (Phi) is 2.69. The molecule has 0 saturated carbocycles. The van der Waals surface area contributed by atoms with Gasteiger partial charge in [0.05, 0.1) is 21.7 Å². The van der Waals surface area contributed by atoms with E-state index in [4.69, 9.17) is 11.6 Å². The topological polar surface area (TPSA) is 4.93 Å². The molecule has 29 heavy (non-hydrogen) atoms. The van der Waals surface area contributed by atoms with Gasteiger partial charge in [-0.15, -0.1) is 0 Å². The zero-order valence-corrected chi connectivity index (χ0v) is 17.0. The van der Waals surface area contributed by atoms with E-state index in [0.29, 0.717) is 0 Å². The zero-order chi connectivity index (χ0) is 19.5. The van der Waals surface area contributed by atoms with Gasteiger partial charge in [-0.1, -0.05) is 80.0 Å². The Hall–Kier alpha value is -3.03. The Morgan fingerprint density at radius 1 is 0.690 bits per heavy atom. The molecular weight excluding hydrogens is 374 g/mol. The maximum atomic E-state index is 6.87. The van der Waals surface area contributed by atoms with Crippen LogP contribution >= 0.6 is 11.6 Å². The summed E-state index contributed by atoms with van der Waals surface area (Å²) in [4.78, 5) is 0. The monoisotopic (exact) mass is 391 g/mol. The molecule has 5 aromatic rings. The molecule has 4 aromatic carbocycles. The van der Waals surface area contributed by atoms with Crippen LogP contribution in [0.15, 0.2) is 72.8 Å². The fourth-order valence-electron chi connectivity index (χ4n) is 5.74. The molecule has 0 N–H and O–H groups in total. The van der Waals surface area contributed by atoms with Gasteiger partial charge in [0, 0.05) is 27.3 Å². The minimum absolute atomic E-state index is 0.0328. The second-order valence-electron chi connectivity index (χ2n) is 8.72. The van der Waals surface area contributed by atoms with Gasteiger partial charge in [0.25, 0.3) is 0 Å². The molecule has 138 valence electrons. The lowest BCUT2D eigenvalue weighted by atomic mass is 9.81. The van der Waals surface area contributed by atoms with Gasteiger partial charge in [0.1, 0.15) is 0 Å². The summed E-state index contributed by atoms with van der Waals surface area (Å²) >= 11 is 6.87. The van der Waals surface area contributed by atoms with Crippen molar-refractivity contribution in [3.8, 4) is 27.9 Å². The van der Waals surface area contributed by atoms with Crippen LogP contribution in [0.4, 0.5) is 0 Å². The summed E-state index contributed by atoms with van der Waals surface area (Å²) in [5.74, 6) is 0. The fraction of sp³-hybridized carbons (Fsp3) is 0.111. The molecule has 2 heterocycles. The Morgan fingerprint density at radius 3 is 2.38 bits per heavy atom. The van der Waals surface area contributed by atoms with Crippen molar-refractivity contribution in [2.45, 2.75) is 19.3 Å². The van der Waals surface area contributed by atoms with Gasteiger partial charge in [-0.2, -0.15) is 0 Å². The molecule has 1 nitrogen and oxygen atoms in total. The van der Waals surface area contributed by atoms with E-state index < -0.39 is 0 Å². The first-order chi connectivity index (χ1) is 14.1. The average molecular weight is 392 g/mol. The van der Waals surface area contributed by atoms with E-state index in [0.717, 1.165) is 16.3 Å². The van der Waals surface area contributed by atoms with Gasteiger partial charge in [-0.05, 0) is 40.5 Å². The van der Waals surface area contributed by atoms with E-state index in [-0.39, 0.29) is 5.41 Å². The van der Waals surface area contributed by atoms with Crippen molar-refractivity contribution in [2.75, 3.05) is 0 Å². The average Bonchev–Trinajstić information content (AvgIpc) is 3.12. The second-order valence-corrected chi connectivity index (χ2v) is 9.13. The highest BCUT2D eigenvalue weighted by atomic mass is 35.5. The molecule has 1 aromatic heterocycles. The van der Waals surface area contributed by atoms with Gasteiger partial charge in [0.2, 0.25) is 0 Å². The summed E-state index contributed by atoms with van der Waals surface area (Å²) in [5.41, 5.74) is 11.6. The number of rotatable bonds is 0. The zero-order valence-electron chi connectivity index (χ0n) is 16.3. The van der Waals surface area contributed by atoms with Gasteiger partial charge in [0.15, 0.2) is 0 Å². The normalized spacial score (nSPS) is 15.0. The molecule has 7 rings (SSSR count). The third-order valence-corrected chi connectivity index (χ3v) is 7.31. The van der Waals surface area contributed by atoms with Crippen molar-refractivity contribution in [1.29, 1.82) is 0 Å². The SMILES string of the molecule is CC1(C)c2cccc3c2-c2c1ccc1c4ccccc4n(c21)-c1cccc(Cl)c1-3. The number of hydrogen-bond acceptors (Lipinski definition) is 0. The third-order valence-electron chi connectivity index (χ3n) is 7.00. The smallest absolute Gasteiger partial charge is 0.0623 e. The van der Waals surface area contributed by atoms with Gasteiger partial charge >= 0.3 is 0 Å². The first kappa shape index (κ1) is 15.8. The molecule has 0 saturated heterocycles. The van der Waals surface area contributed by atoms with E-state index in [1.165, 1.54) is 49.6 Å². The van der Waals surface area contributed by atoms with Gasteiger partial charge in [-0.25, -0.2) is 0 Å². The fourth-order valence-corrected chi connectivity index (χ4v) is 6.01. The predicted molar refractivity (Wildman–Crippen MR) is 122 cm³/mol. The molecule has 0 fully saturated rings. The summed E-state index contributed by atoms with van der Waals surface area (Å²) in [6.45, 7) is 4.69. The summed E-state index contributed by atoms with van der Waals surface area (Å²) in [6.07, 6.45) is 0. The lowest BCUT2D eigenvalue weighted by Crippen LogP contribution is -2.15. The highest BCUT2D eigenvalue weighted by Crippen LogP contribution is 2.58. The molecule has 0 atom stereocenters. The summed E-state index contributed by atoms with van der Waals surface area (Å²) < 4.78 is 2.44. The van der Waals surface area contributed by atoms with Gasteiger partial charge in [-0.3, -0.25) is 0 Å². The predicted octanol–water partition coefficient (Wildman–Crippen LogP) is 7.72. The maximum Gasteiger partial charge on any atom is 0.0623 e. The number of hydrogen-bond donors (Lipinski definition) is 0. The van der Waals surface area contributed by atoms with Gasteiger partial charge < -0.3 is 4.57 Å². The first-order valence-corrected chi connectivity index (χ1v) is 10.5.